The third-order valence-corrected chi connectivity index (χ3v) is 14.7. The van der Waals surface area contributed by atoms with Crippen LogP contribution in [0.15, 0.2) is 170 Å². The molecule has 2 saturated carbocycles. The fourth-order valence-electron chi connectivity index (χ4n) is 10.6. The van der Waals surface area contributed by atoms with Crippen molar-refractivity contribution in [3.8, 4) is 34.0 Å². The lowest BCUT2D eigenvalue weighted by atomic mass is 9.95. The SMILES string of the molecule is CONC(=O)C1CC12CC(c1ccc(OCc3cc(-c4ccccc4)nc4ccccc34)cc1)NC2=O.O=C(O)C1CC12CC(c1ccc(OCc3cc(-c4ccccc4)nc4ccccc34)cc1)NC2=O. The Balaban J connectivity index is 0.000000156. The third-order valence-electron chi connectivity index (χ3n) is 14.7. The van der Waals surface area contributed by atoms with Crippen LogP contribution in [0, 0.1) is 22.7 Å². The molecule has 2 aliphatic carbocycles. The maximum atomic E-state index is 12.7. The second kappa shape index (κ2) is 19.1. The number of hydrogen-bond donors (Lipinski definition) is 4. The summed E-state index contributed by atoms with van der Waals surface area (Å²) < 4.78 is 12.3. The van der Waals surface area contributed by atoms with Gasteiger partial charge in [0.05, 0.1) is 64.3 Å². The summed E-state index contributed by atoms with van der Waals surface area (Å²) in [4.78, 5) is 62.9. The van der Waals surface area contributed by atoms with E-state index in [2.05, 4.69) is 52.5 Å². The van der Waals surface area contributed by atoms with Gasteiger partial charge in [0.1, 0.15) is 24.7 Å². The Bertz CT molecular complexity index is 3350. The average Bonchev–Trinajstić information content (AvgIpc) is 4.28. The van der Waals surface area contributed by atoms with E-state index in [1.165, 1.54) is 7.11 Å². The summed E-state index contributed by atoms with van der Waals surface area (Å²) in [6, 6.07) is 55.7. The number of aliphatic carboxylic acids is 1. The van der Waals surface area contributed by atoms with Crippen LogP contribution in [0.5, 0.6) is 11.5 Å². The number of carbonyl (C=O) groups excluding carboxylic acids is 3. The van der Waals surface area contributed by atoms with E-state index in [4.69, 9.17) is 24.3 Å². The normalized spacial score (nSPS) is 22.5. The molecular weight excluding hydrogens is 907 g/mol. The van der Waals surface area contributed by atoms with Crippen molar-refractivity contribution in [2.24, 2.45) is 22.7 Å². The second-order valence-electron chi connectivity index (χ2n) is 19.1. The van der Waals surface area contributed by atoms with Gasteiger partial charge in [-0.25, -0.2) is 15.4 Å². The van der Waals surface area contributed by atoms with E-state index in [0.717, 1.165) is 78.1 Å². The smallest absolute Gasteiger partial charge is 0.307 e. The standard InChI is InChI=1S/C30H27N3O4.C29H24N2O4/c1-36-33-28(34)24-16-30(24)17-27(32-29(30)35)20-11-13-22(14-12-20)37-18-21-15-26(19-7-3-2-4-8-19)31-25-10-6-5-9-23(21)25;32-27(33)23-15-29(23)16-26(31-28(29)34)19-10-12-21(13-11-19)35-17-20-14-25(18-6-2-1-3-7-18)30-24-9-5-4-8-22(20)24/h2-15,24,27H,16-18H2,1H3,(H,32,35)(H,33,34);1-14,23,26H,15-17H2,(H,31,34)(H,32,33). The van der Waals surface area contributed by atoms with Gasteiger partial charge in [-0.15, -0.1) is 0 Å². The van der Waals surface area contributed by atoms with Crippen LogP contribution >= 0.6 is 0 Å². The second-order valence-corrected chi connectivity index (χ2v) is 19.1. The Kier molecular flexibility index (Phi) is 12.2. The van der Waals surface area contributed by atoms with Gasteiger partial charge in [-0.1, -0.05) is 121 Å². The van der Waals surface area contributed by atoms with Gasteiger partial charge >= 0.3 is 5.97 Å². The molecule has 0 radical (unpaired) electrons. The molecule has 3 amide bonds. The molecule has 6 unspecified atom stereocenters. The number of carboxylic acids is 1. The predicted molar refractivity (Wildman–Crippen MR) is 271 cm³/mol. The summed E-state index contributed by atoms with van der Waals surface area (Å²) in [6.07, 6.45) is 2.10. The summed E-state index contributed by atoms with van der Waals surface area (Å²) in [7, 11) is 1.40. The van der Waals surface area contributed by atoms with Crippen molar-refractivity contribution < 1.29 is 38.6 Å². The van der Waals surface area contributed by atoms with Crippen molar-refractivity contribution in [1.82, 2.24) is 26.1 Å². The molecule has 4 aliphatic rings. The number of amides is 3. The molecule has 8 aromatic rings. The van der Waals surface area contributed by atoms with Gasteiger partial charge in [-0.3, -0.25) is 24.0 Å². The molecule has 13 heteroatoms. The quantitative estimate of drug-likeness (QED) is 0.0814. The zero-order valence-corrected chi connectivity index (χ0v) is 39.4. The largest absolute Gasteiger partial charge is 0.489 e. The Morgan fingerprint density at radius 3 is 1.42 bits per heavy atom. The highest BCUT2D eigenvalue weighted by Crippen LogP contribution is 2.62. The minimum Gasteiger partial charge on any atom is -0.489 e. The number of carbonyl (C=O) groups is 4. The van der Waals surface area contributed by atoms with E-state index >= 15 is 0 Å². The fourth-order valence-corrected chi connectivity index (χ4v) is 10.6. The number of ether oxygens (including phenoxy) is 2. The first kappa shape index (κ1) is 46.0. The van der Waals surface area contributed by atoms with Crippen LogP contribution in [0.25, 0.3) is 44.3 Å². The highest BCUT2D eigenvalue weighted by Gasteiger charge is 2.68. The predicted octanol–water partition coefficient (Wildman–Crippen LogP) is 9.86. The molecule has 360 valence electrons. The van der Waals surface area contributed by atoms with Crippen molar-refractivity contribution in [3.05, 3.63) is 192 Å². The van der Waals surface area contributed by atoms with Crippen molar-refractivity contribution >= 4 is 45.5 Å². The van der Waals surface area contributed by atoms with Crippen molar-refractivity contribution in [3.63, 3.8) is 0 Å². The molecule has 4 N–H and O–H groups in total. The first-order valence-corrected chi connectivity index (χ1v) is 24.1. The number of hydroxylamine groups is 1. The number of pyridine rings is 2. The third kappa shape index (κ3) is 8.99. The molecule has 2 saturated heterocycles. The highest BCUT2D eigenvalue weighted by molar-refractivity contribution is 5.97. The number of para-hydroxylation sites is 2. The van der Waals surface area contributed by atoms with Gasteiger partial charge in [-0.05, 0) is 85.3 Å². The number of aromatic nitrogens is 2. The molecule has 0 bridgehead atoms. The van der Waals surface area contributed by atoms with Gasteiger partial charge in [0.25, 0.3) is 0 Å². The summed E-state index contributed by atoms with van der Waals surface area (Å²) in [5.74, 6) is -0.757. The van der Waals surface area contributed by atoms with Crippen LogP contribution in [-0.2, 0) is 37.2 Å². The number of hydrogen-bond acceptors (Lipinski definition) is 9. The van der Waals surface area contributed by atoms with E-state index < -0.39 is 22.7 Å². The van der Waals surface area contributed by atoms with Crippen molar-refractivity contribution in [2.75, 3.05) is 7.11 Å². The summed E-state index contributed by atoms with van der Waals surface area (Å²) in [6.45, 7) is 0.799. The monoisotopic (exact) mass is 957 g/mol. The molecule has 4 fully saturated rings. The van der Waals surface area contributed by atoms with Gasteiger partial charge in [0.2, 0.25) is 17.7 Å². The topological polar surface area (TPSA) is 178 Å². The highest BCUT2D eigenvalue weighted by atomic mass is 16.6. The molecule has 6 aromatic carbocycles. The maximum absolute atomic E-state index is 12.7. The van der Waals surface area contributed by atoms with Crippen LogP contribution in [-0.4, -0.2) is 45.9 Å². The molecule has 6 atom stereocenters. The molecule has 4 heterocycles. The Morgan fingerprint density at radius 1 is 0.569 bits per heavy atom. The summed E-state index contributed by atoms with van der Waals surface area (Å²) >= 11 is 0. The molecule has 2 aliphatic heterocycles. The van der Waals surface area contributed by atoms with Crippen LogP contribution in [0.4, 0.5) is 0 Å². The molecule has 72 heavy (non-hydrogen) atoms. The molecule has 2 aromatic heterocycles. The van der Waals surface area contributed by atoms with Gasteiger partial charge in [-0.2, -0.15) is 0 Å². The zero-order valence-electron chi connectivity index (χ0n) is 39.4. The lowest BCUT2D eigenvalue weighted by Gasteiger charge is -2.13. The Morgan fingerprint density at radius 2 is 0.986 bits per heavy atom. The van der Waals surface area contributed by atoms with E-state index in [1.807, 2.05) is 133 Å². The first-order valence-electron chi connectivity index (χ1n) is 24.1. The van der Waals surface area contributed by atoms with E-state index in [1.54, 1.807) is 0 Å². The Hall–Kier alpha value is -8.42. The fraction of sp³-hybridized carbons (Fsp3) is 0.220. The van der Waals surface area contributed by atoms with Crippen LogP contribution in [0.3, 0.4) is 0 Å². The molecule has 2 spiro atoms. The number of carboxylic acid groups (broad SMARTS) is 1. The number of benzene rings is 6. The van der Waals surface area contributed by atoms with E-state index in [-0.39, 0.29) is 35.7 Å². The lowest BCUT2D eigenvalue weighted by Crippen LogP contribution is -2.29. The summed E-state index contributed by atoms with van der Waals surface area (Å²) in [5.41, 5.74) is 10.9. The minimum absolute atomic E-state index is 0.0622. The van der Waals surface area contributed by atoms with Crippen molar-refractivity contribution in [1.29, 1.82) is 0 Å². The minimum atomic E-state index is -0.886. The number of fused-ring (bicyclic) bond motifs is 2. The van der Waals surface area contributed by atoms with Crippen LogP contribution in [0.2, 0.25) is 0 Å². The number of rotatable bonds is 13. The zero-order chi connectivity index (χ0) is 49.4. The summed E-state index contributed by atoms with van der Waals surface area (Å²) in [5, 5.41) is 17.4. The van der Waals surface area contributed by atoms with Gasteiger partial charge in [0, 0.05) is 33.0 Å². The first-order chi connectivity index (χ1) is 35.1. The van der Waals surface area contributed by atoms with Crippen molar-refractivity contribution in [2.45, 2.75) is 51.0 Å². The molecule has 12 rings (SSSR count). The van der Waals surface area contributed by atoms with E-state index in [9.17, 15) is 24.3 Å². The Labute approximate surface area is 415 Å². The number of nitrogens with one attached hydrogen (secondary N) is 3. The number of nitrogens with zero attached hydrogens (tertiary/aromatic N) is 2. The maximum Gasteiger partial charge on any atom is 0.307 e. The van der Waals surface area contributed by atoms with E-state index in [0.29, 0.717) is 38.9 Å². The van der Waals surface area contributed by atoms with Gasteiger partial charge < -0.3 is 25.2 Å². The molecular formula is C59H51N5O8. The lowest BCUT2D eigenvalue weighted by molar-refractivity contribution is -0.141. The van der Waals surface area contributed by atoms with Gasteiger partial charge in [0.15, 0.2) is 0 Å². The molecule has 13 nitrogen and oxygen atoms in total. The van der Waals surface area contributed by atoms with Crippen LogP contribution < -0.4 is 25.6 Å². The van der Waals surface area contributed by atoms with Crippen LogP contribution in [0.1, 0.15) is 60.0 Å². The average molecular weight is 958 g/mol.